The van der Waals surface area contributed by atoms with Crippen molar-refractivity contribution in [3.63, 3.8) is 0 Å². The highest BCUT2D eigenvalue weighted by Gasteiger charge is 2.20. The molecule has 3 heteroatoms. The number of rotatable bonds is 1. The molecule has 16 heavy (non-hydrogen) atoms. The number of Topliss-reactive ketones (excluding diaryl/α,β-unsaturated/α-hetero) is 1. The molecule has 0 saturated carbocycles. The van der Waals surface area contributed by atoms with Crippen LogP contribution in [-0.4, -0.2) is 11.7 Å². The molecule has 3 nitrogen and oxygen atoms in total. The zero-order valence-electron chi connectivity index (χ0n) is 8.75. The molecule has 1 aliphatic rings. The van der Waals surface area contributed by atoms with Gasteiger partial charge in [0.05, 0.1) is 6.42 Å². The van der Waals surface area contributed by atoms with Crippen molar-refractivity contribution in [1.29, 1.82) is 0 Å². The Bertz CT molecular complexity index is 520. The molecule has 1 aromatic carbocycles. The largest absolute Gasteiger partial charge is 0.369 e. The Kier molecular flexibility index (Phi) is 2.74. The van der Waals surface area contributed by atoms with Gasteiger partial charge in [0, 0.05) is 17.5 Å². The molecule has 0 bridgehead atoms. The van der Waals surface area contributed by atoms with Crippen molar-refractivity contribution in [2.24, 2.45) is 5.73 Å². The fourth-order valence-corrected chi connectivity index (χ4v) is 1.83. The van der Waals surface area contributed by atoms with Crippen LogP contribution < -0.4 is 5.73 Å². The van der Waals surface area contributed by atoms with E-state index in [-0.39, 0.29) is 12.2 Å². The molecule has 0 spiro atoms. The summed E-state index contributed by atoms with van der Waals surface area (Å²) >= 11 is 0. The third kappa shape index (κ3) is 1.96. The Balaban J connectivity index is 2.32. The minimum atomic E-state index is -0.434. The van der Waals surface area contributed by atoms with Crippen LogP contribution in [0, 0.1) is 11.8 Å². The number of benzene rings is 1. The van der Waals surface area contributed by atoms with E-state index in [1.54, 1.807) is 0 Å². The maximum absolute atomic E-state index is 11.5. The highest BCUT2D eigenvalue weighted by atomic mass is 16.1. The fourth-order valence-electron chi connectivity index (χ4n) is 1.83. The van der Waals surface area contributed by atoms with E-state index < -0.39 is 5.91 Å². The number of carbonyl (C=O) groups is 2. The third-order valence-electron chi connectivity index (χ3n) is 2.56. The SMILES string of the molecule is NC(=O)CC#Cc1cccc2c1CCC2=O. The summed E-state index contributed by atoms with van der Waals surface area (Å²) in [4.78, 5) is 22.0. The van der Waals surface area contributed by atoms with Crippen LogP contribution in [0.15, 0.2) is 18.2 Å². The van der Waals surface area contributed by atoms with Crippen LogP contribution in [0.5, 0.6) is 0 Å². The van der Waals surface area contributed by atoms with Crippen molar-refractivity contribution < 1.29 is 9.59 Å². The van der Waals surface area contributed by atoms with E-state index in [9.17, 15) is 9.59 Å². The van der Waals surface area contributed by atoms with Gasteiger partial charge in [-0.05, 0) is 18.1 Å². The average molecular weight is 213 g/mol. The Hall–Kier alpha value is -2.08. The molecule has 0 aliphatic heterocycles. The van der Waals surface area contributed by atoms with E-state index in [2.05, 4.69) is 11.8 Å². The van der Waals surface area contributed by atoms with Gasteiger partial charge in [-0.3, -0.25) is 9.59 Å². The lowest BCUT2D eigenvalue weighted by atomic mass is 10.0. The summed E-state index contributed by atoms with van der Waals surface area (Å²) in [6, 6.07) is 5.51. The molecule has 0 radical (unpaired) electrons. The Morgan fingerprint density at radius 3 is 2.94 bits per heavy atom. The molecule has 2 rings (SSSR count). The number of ketones is 1. The highest BCUT2D eigenvalue weighted by molar-refractivity contribution is 6.01. The number of fused-ring (bicyclic) bond motifs is 1. The van der Waals surface area contributed by atoms with E-state index >= 15 is 0 Å². The van der Waals surface area contributed by atoms with E-state index in [1.165, 1.54) is 0 Å². The van der Waals surface area contributed by atoms with Crippen LogP contribution in [0.25, 0.3) is 0 Å². The lowest BCUT2D eigenvalue weighted by molar-refractivity contribution is -0.117. The Morgan fingerprint density at radius 1 is 1.38 bits per heavy atom. The molecule has 1 amide bonds. The number of hydrogen-bond acceptors (Lipinski definition) is 2. The predicted octanol–water partition coefficient (Wildman–Crippen LogP) is 1.04. The standard InChI is InChI=1S/C13H11NO2/c14-13(16)6-2-4-9-3-1-5-11-10(9)7-8-12(11)15/h1,3,5H,6-8H2,(H2,14,16). The molecule has 0 aromatic heterocycles. The van der Waals surface area contributed by atoms with E-state index in [4.69, 9.17) is 5.73 Å². The van der Waals surface area contributed by atoms with Gasteiger partial charge in [0.2, 0.25) is 5.91 Å². The summed E-state index contributed by atoms with van der Waals surface area (Å²) in [5, 5.41) is 0. The number of primary amides is 1. The average Bonchev–Trinajstić information content (AvgIpc) is 2.61. The second-order valence-electron chi connectivity index (χ2n) is 3.70. The van der Waals surface area contributed by atoms with Crippen LogP contribution >= 0.6 is 0 Å². The van der Waals surface area contributed by atoms with Crippen LogP contribution in [0.4, 0.5) is 0 Å². The summed E-state index contributed by atoms with van der Waals surface area (Å²) in [6.07, 6.45) is 1.36. The van der Waals surface area contributed by atoms with E-state index in [0.29, 0.717) is 6.42 Å². The van der Waals surface area contributed by atoms with Crippen molar-refractivity contribution in [3.05, 3.63) is 34.9 Å². The normalized spacial score (nSPS) is 12.9. The molecule has 0 heterocycles. The molecule has 80 valence electrons. The summed E-state index contributed by atoms with van der Waals surface area (Å²) in [7, 11) is 0. The fraction of sp³-hybridized carbons (Fsp3) is 0.231. The Labute approximate surface area is 93.6 Å². The van der Waals surface area contributed by atoms with Crippen LogP contribution in [0.2, 0.25) is 0 Å². The van der Waals surface area contributed by atoms with Crippen LogP contribution in [0.1, 0.15) is 34.3 Å². The minimum Gasteiger partial charge on any atom is -0.369 e. The second-order valence-corrected chi connectivity index (χ2v) is 3.70. The topological polar surface area (TPSA) is 60.2 Å². The lowest BCUT2D eigenvalue weighted by Gasteiger charge is -1.99. The first-order valence-electron chi connectivity index (χ1n) is 5.11. The Morgan fingerprint density at radius 2 is 2.19 bits per heavy atom. The van der Waals surface area contributed by atoms with Gasteiger partial charge in [0.25, 0.3) is 0 Å². The highest BCUT2D eigenvalue weighted by Crippen LogP contribution is 2.24. The van der Waals surface area contributed by atoms with Crippen molar-refractivity contribution in [1.82, 2.24) is 0 Å². The molecular weight excluding hydrogens is 202 g/mol. The summed E-state index contributed by atoms with van der Waals surface area (Å²) in [5.41, 5.74) is 7.61. The maximum Gasteiger partial charge on any atom is 0.229 e. The predicted molar refractivity (Wildman–Crippen MR) is 59.8 cm³/mol. The molecule has 0 saturated heterocycles. The quantitative estimate of drug-likeness (QED) is 0.708. The van der Waals surface area contributed by atoms with Crippen LogP contribution in [-0.2, 0) is 11.2 Å². The van der Waals surface area contributed by atoms with Crippen molar-refractivity contribution in [2.75, 3.05) is 0 Å². The van der Waals surface area contributed by atoms with E-state index in [1.807, 2.05) is 18.2 Å². The number of carbonyl (C=O) groups excluding carboxylic acids is 2. The summed E-state index contributed by atoms with van der Waals surface area (Å²) in [6.45, 7) is 0. The van der Waals surface area contributed by atoms with E-state index in [0.717, 1.165) is 23.1 Å². The first-order chi connectivity index (χ1) is 7.68. The first kappa shape index (κ1) is 10.4. The van der Waals surface area contributed by atoms with Gasteiger partial charge in [-0.1, -0.05) is 24.0 Å². The lowest BCUT2D eigenvalue weighted by Crippen LogP contribution is -2.08. The molecule has 1 aliphatic carbocycles. The van der Waals surface area contributed by atoms with Gasteiger partial charge < -0.3 is 5.73 Å². The van der Waals surface area contributed by atoms with Gasteiger partial charge in [0.1, 0.15) is 0 Å². The number of hydrogen-bond donors (Lipinski definition) is 1. The summed E-state index contributed by atoms with van der Waals surface area (Å²) < 4.78 is 0. The number of amides is 1. The molecule has 1 aromatic rings. The van der Waals surface area contributed by atoms with Gasteiger partial charge in [0.15, 0.2) is 5.78 Å². The molecule has 0 fully saturated rings. The molecule has 0 unspecified atom stereocenters. The molecule has 0 atom stereocenters. The van der Waals surface area contributed by atoms with Crippen molar-refractivity contribution in [3.8, 4) is 11.8 Å². The van der Waals surface area contributed by atoms with Gasteiger partial charge >= 0.3 is 0 Å². The van der Waals surface area contributed by atoms with Crippen molar-refractivity contribution >= 4 is 11.7 Å². The minimum absolute atomic E-state index is 0.0532. The summed E-state index contributed by atoms with van der Waals surface area (Å²) in [5.74, 6) is 5.34. The smallest absolute Gasteiger partial charge is 0.229 e. The zero-order valence-corrected chi connectivity index (χ0v) is 8.75. The molecular formula is C13H11NO2. The zero-order chi connectivity index (χ0) is 11.5. The van der Waals surface area contributed by atoms with Gasteiger partial charge in [-0.25, -0.2) is 0 Å². The molecule has 2 N–H and O–H groups in total. The number of nitrogens with two attached hydrogens (primary N) is 1. The van der Waals surface area contributed by atoms with Crippen molar-refractivity contribution in [2.45, 2.75) is 19.3 Å². The van der Waals surface area contributed by atoms with Gasteiger partial charge in [-0.15, -0.1) is 0 Å². The first-order valence-corrected chi connectivity index (χ1v) is 5.11. The van der Waals surface area contributed by atoms with Gasteiger partial charge in [-0.2, -0.15) is 0 Å². The third-order valence-corrected chi connectivity index (χ3v) is 2.56. The second kappa shape index (κ2) is 4.19. The monoisotopic (exact) mass is 213 g/mol. The van der Waals surface area contributed by atoms with Crippen LogP contribution in [0.3, 0.4) is 0 Å². The maximum atomic E-state index is 11.5.